The second kappa shape index (κ2) is 9.49. The summed E-state index contributed by atoms with van der Waals surface area (Å²) in [4.78, 5) is 23.5. The van der Waals surface area contributed by atoms with E-state index in [1.807, 2.05) is 26.2 Å². The fourth-order valence-corrected chi connectivity index (χ4v) is 3.23. The number of nitrogens with zero attached hydrogens (tertiary/aromatic N) is 5. The smallest absolute Gasteiger partial charge is 0.269 e. The van der Waals surface area contributed by atoms with E-state index < -0.39 is 0 Å². The Morgan fingerprint density at radius 2 is 1.83 bits per heavy atom. The Balaban J connectivity index is 1.73. The molecule has 0 radical (unpaired) electrons. The number of carbonyl (C=O) groups is 1. The van der Waals surface area contributed by atoms with Gasteiger partial charge in [-0.25, -0.2) is 9.97 Å². The summed E-state index contributed by atoms with van der Waals surface area (Å²) in [6.07, 6.45) is 2.58. The van der Waals surface area contributed by atoms with Gasteiger partial charge in [0.15, 0.2) is 0 Å². The number of carbonyl (C=O) groups excluding carboxylic acids is 1. The minimum atomic E-state index is -0.141. The first-order valence-electron chi connectivity index (χ1n) is 9.97. The maximum absolute atomic E-state index is 12.5. The lowest BCUT2D eigenvalue weighted by atomic mass is 10.1. The molecule has 0 saturated carbocycles. The quantitative estimate of drug-likeness (QED) is 0.558. The van der Waals surface area contributed by atoms with Gasteiger partial charge in [0.2, 0.25) is 5.95 Å². The maximum Gasteiger partial charge on any atom is 0.269 e. The molecule has 30 heavy (non-hydrogen) atoms. The maximum atomic E-state index is 12.5. The number of aryl methyl sites for hydroxylation is 3. The van der Waals surface area contributed by atoms with Crippen LogP contribution in [0.4, 0.5) is 11.6 Å². The minimum absolute atomic E-state index is 0.141. The average molecular weight is 408 g/mol. The molecule has 1 aromatic carbocycles. The van der Waals surface area contributed by atoms with Crippen molar-refractivity contribution in [1.29, 1.82) is 0 Å². The second-order valence-corrected chi connectivity index (χ2v) is 7.72. The SMILES string of the molecule is Cc1cc(C)cc(Nc2nccc(-c3cc(C(=O)NCCCN(C)C)n(C)n3)n2)c1. The zero-order valence-electron chi connectivity index (χ0n) is 18.2. The molecule has 3 rings (SSSR count). The normalized spacial score (nSPS) is 11.0. The predicted octanol–water partition coefficient (Wildman–Crippen LogP) is 2.92. The van der Waals surface area contributed by atoms with Gasteiger partial charge in [-0.1, -0.05) is 6.07 Å². The fourth-order valence-electron chi connectivity index (χ4n) is 3.23. The number of hydrogen-bond acceptors (Lipinski definition) is 6. The third-order valence-corrected chi connectivity index (χ3v) is 4.58. The summed E-state index contributed by atoms with van der Waals surface area (Å²) in [5.74, 6) is 0.343. The van der Waals surface area contributed by atoms with Crippen LogP contribution in [0.5, 0.6) is 0 Å². The molecule has 158 valence electrons. The van der Waals surface area contributed by atoms with E-state index in [4.69, 9.17) is 0 Å². The minimum Gasteiger partial charge on any atom is -0.351 e. The first-order chi connectivity index (χ1) is 14.3. The highest BCUT2D eigenvalue weighted by atomic mass is 16.2. The number of nitrogens with one attached hydrogen (secondary N) is 2. The number of benzene rings is 1. The highest BCUT2D eigenvalue weighted by Crippen LogP contribution is 2.21. The highest BCUT2D eigenvalue weighted by Gasteiger charge is 2.15. The molecule has 1 amide bonds. The van der Waals surface area contributed by atoms with Crippen LogP contribution < -0.4 is 10.6 Å². The molecule has 0 spiro atoms. The van der Waals surface area contributed by atoms with Crippen LogP contribution in [0.2, 0.25) is 0 Å². The molecule has 2 N–H and O–H groups in total. The molecule has 0 bridgehead atoms. The summed E-state index contributed by atoms with van der Waals surface area (Å²) in [5.41, 5.74) is 5.04. The summed E-state index contributed by atoms with van der Waals surface area (Å²) in [5, 5.41) is 10.7. The molecular formula is C22H29N7O. The molecule has 2 heterocycles. The molecule has 0 unspecified atom stereocenters. The molecule has 0 saturated heterocycles. The van der Waals surface area contributed by atoms with Crippen molar-refractivity contribution in [3.05, 3.63) is 53.3 Å². The topological polar surface area (TPSA) is 88.0 Å². The van der Waals surface area contributed by atoms with Crippen molar-refractivity contribution in [2.75, 3.05) is 32.5 Å². The fraction of sp³-hybridized carbons (Fsp3) is 0.364. The van der Waals surface area contributed by atoms with Gasteiger partial charge in [0.05, 0.1) is 5.69 Å². The molecule has 0 aliphatic carbocycles. The largest absolute Gasteiger partial charge is 0.351 e. The molecule has 0 atom stereocenters. The first kappa shape index (κ1) is 21.4. The van der Waals surface area contributed by atoms with E-state index in [0.29, 0.717) is 29.6 Å². The second-order valence-electron chi connectivity index (χ2n) is 7.72. The monoisotopic (exact) mass is 407 g/mol. The Morgan fingerprint density at radius 1 is 1.10 bits per heavy atom. The van der Waals surface area contributed by atoms with Crippen molar-refractivity contribution in [3.8, 4) is 11.4 Å². The Morgan fingerprint density at radius 3 is 2.53 bits per heavy atom. The van der Waals surface area contributed by atoms with Crippen LogP contribution in [0.15, 0.2) is 36.5 Å². The van der Waals surface area contributed by atoms with Gasteiger partial charge >= 0.3 is 0 Å². The Kier molecular flexibility index (Phi) is 6.79. The van der Waals surface area contributed by atoms with Crippen molar-refractivity contribution >= 4 is 17.5 Å². The van der Waals surface area contributed by atoms with E-state index >= 15 is 0 Å². The lowest BCUT2D eigenvalue weighted by molar-refractivity contribution is 0.0943. The van der Waals surface area contributed by atoms with E-state index in [9.17, 15) is 4.79 Å². The van der Waals surface area contributed by atoms with Crippen molar-refractivity contribution < 1.29 is 4.79 Å². The zero-order chi connectivity index (χ0) is 21.7. The van der Waals surface area contributed by atoms with Crippen molar-refractivity contribution in [1.82, 2.24) is 30.0 Å². The average Bonchev–Trinajstić information content (AvgIpc) is 3.06. The van der Waals surface area contributed by atoms with Crippen LogP contribution in [-0.2, 0) is 7.05 Å². The van der Waals surface area contributed by atoms with Crippen LogP contribution in [-0.4, -0.2) is 57.7 Å². The number of aromatic nitrogens is 4. The van der Waals surface area contributed by atoms with E-state index in [-0.39, 0.29) is 5.91 Å². The van der Waals surface area contributed by atoms with Gasteiger partial charge in [0.1, 0.15) is 11.4 Å². The van der Waals surface area contributed by atoms with E-state index in [2.05, 4.69) is 50.5 Å². The summed E-state index contributed by atoms with van der Waals surface area (Å²) < 4.78 is 1.58. The lowest BCUT2D eigenvalue weighted by Gasteiger charge is -2.09. The molecular weight excluding hydrogens is 378 g/mol. The Bertz CT molecular complexity index is 1010. The van der Waals surface area contributed by atoms with Gasteiger partial charge in [-0.3, -0.25) is 9.48 Å². The van der Waals surface area contributed by atoms with Crippen LogP contribution in [0.3, 0.4) is 0 Å². The lowest BCUT2D eigenvalue weighted by Crippen LogP contribution is -2.28. The summed E-state index contributed by atoms with van der Waals surface area (Å²) >= 11 is 0. The third-order valence-electron chi connectivity index (χ3n) is 4.58. The number of rotatable bonds is 8. The van der Waals surface area contributed by atoms with Gasteiger partial charge in [-0.2, -0.15) is 5.10 Å². The third kappa shape index (κ3) is 5.64. The summed E-state index contributed by atoms with van der Waals surface area (Å²) in [7, 11) is 5.79. The first-order valence-corrected chi connectivity index (χ1v) is 9.97. The van der Waals surface area contributed by atoms with Crippen molar-refractivity contribution in [2.45, 2.75) is 20.3 Å². The van der Waals surface area contributed by atoms with Gasteiger partial charge in [0, 0.05) is 25.5 Å². The standard InChI is InChI=1S/C22H29N7O/c1-15-11-16(2)13-17(12-15)25-22-24-9-7-18(26-22)19-14-20(29(5)27-19)21(30)23-8-6-10-28(3)4/h7,9,11-14H,6,8,10H2,1-5H3,(H,23,30)(H,24,25,26). The Hall–Kier alpha value is -3.26. The van der Waals surface area contributed by atoms with Crippen molar-refractivity contribution in [2.24, 2.45) is 7.05 Å². The molecule has 2 aromatic heterocycles. The van der Waals surface area contributed by atoms with Crippen LogP contribution >= 0.6 is 0 Å². The molecule has 0 aliphatic rings. The molecule has 8 heteroatoms. The molecule has 0 aliphatic heterocycles. The van der Waals surface area contributed by atoms with E-state index in [0.717, 1.165) is 18.7 Å². The van der Waals surface area contributed by atoms with Gasteiger partial charge in [0.25, 0.3) is 5.91 Å². The van der Waals surface area contributed by atoms with Gasteiger partial charge < -0.3 is 15.5 Å². The van der Waals surface area contributed by atoms with Crippen LogP contribution in [0, 0.1) is 13.8 Å². The van der Waals surface area contributed by atoms with E-state index in [1.54, 1.807) is 30.1 Å². The van der Waals surface area contributed by atoms with Crippen LogP contribution in [0.1, 0.15) is 28.0 Å². The molecule has 0 fully saturated rings. The number of anilines is 2. The summed E-state index contributed by atoms with van der Waals surface area (Å²) in [6.45, 7) is 5.65. The Labute approximate surface area is 177 Å². The predicted molar refractivity (Wildman–Crippen MR) is 119 cm³/mol. The van der Waals surface area contributed by atoms with E-state index in [1.165, 1.54) is 11.1 Å². The van der Waals surface area contributed by atoms with Crippen LogP contribution in [0.25, 0.3) is 11.4 Å². The van der Waals surface area contributed by atoms with Gasteiger partial charge in [-0.15, -0.1) is 0 Å². The highest BCUT2D eigenvalue weighted by molar-refractivity contribution is 5.93. The van der Waals surface area contributed by atoms with Crippen molar-refractivity contribution in [3.63, 3.8) is 0 Å². The number of amides is 1. The zero-order valence-corrected chi connectivity index (χ0v) is 18.2. The molecule has 3 aromatic rings. The van der Waals surface area contributed by atoms with Gasteiger partial charge in [-0.05, 0) is 76.3 Å². The molecule has 8 nitrogen and oxygen atoms in total. The summed E-state index contributed by atoms with van der Waals surface area (Å²) in [6, 6.07) is 9.74. The number of hydrogen-bond donors (Lipinski definition) is 2.